The van der Waals surface area contributed by atoms with Gasteiger partial charge in [-0.05, 0) is 49.6 Å². The molecule has 1 aliphatic rings. The molecule has 2 aromatic rings. The number of urea groups is 1. The molecular formula is C20H26N4O. The largest absolute Gasteiger partial charge is 0.367 e. The van der Waals surface area contributed by atoms with E-state index in [0.29, 0.717) is 0 Å². The Morgan fingerprint density at radius 1 is 1.12 bits per heavy atom. The monoisotopic (exact) mass is 338 g/mol. The van der Waals surface area contributed by atoms with Crippen LogP contribution in [0.1, 0.15) is 29.7 Å². The van der Waals surface area contributed by atoms with Gasteiger partial charge < -0.3 is 15.1 Å². The molecule has 1 saturated heterocycles. The zero-order valence-corrected chi connectivity index (χ0v) is 15.2. The molecule has 0 bridgehead atoms. The molecule has 0 saturated carbocycles. The lowest BCUT2D eigenvalue weighted by atomic mass is 10.0. The number of aromatic nitrogens is 1. The van der Waals surface area contributed by atoms with E-state index in [2.05, 4.69) is 53.3 Å². The Labute approximate surface area is 149 Å². The standard InChI is InChI=1S/C20H26N4O/c1-15-6-7-18(13-16(15)2)17(3)22-20(25)24-11-9-23(10-12-24)19-5-4-8-21-14-19/h4-8,13-14,17H,9-12H2,1-3H3,(H,22,25)/t17-/m1/s1. The molecule has 0 spiro atoms. The fourth-order valence-corrected chi connectivity index (χ4v) is 3.10. The normalized spacial score (nSPS) is 15.8. The number of aryl methyl sites for hydroxylation is 2. The SMILES string of the molecule is Cc1ccc([C@@H](C)NC(=O)N2CCN(c3cccnc3)CC2)cc1C. The second-order valence-corrected chi connectivity index (χ2v) is 6.70. The minimum absolute atomic E-state index is 0.00292. The maximum absolute atomic E-state index is 12.6. The van der Waals surface area contributed by atoms with Crippen molar-refractivity contribution in [2.75, 3.05) is 31.1 Å². The topological polar surface area (TPSA) is 48.5 Å². The van der Waals surface area contributed by atoms with E-state index in [-0.39, 0.29) is 12.1 Å². The fourth-order valence-electron chi connectivity index (χ4n) is 3.10. The highest BCUT2D eigenvalue weighted by atomic mass is 16.2. The minimum Gasteiger partial charge on any atom is -0.367 e. The predicted molar refractivity (Wildman–Crippen MR) is 101 cm³/mol. The molecule has 2 amide bonds. The van der Waals surface area contributed by atoms with Crippen molar-refractivity contribution in [3.05, 3.63) is 59.4 Å². The molecule has 5 nitrogen and oxygen atoms in total. The van der Waals surface area contributed by atoms with Gasteiger partial charge in [0, 0.05) is 32.4 Å². The van der Waals surface area contributed by atoms with Crippen LogP contribution in [0.2, 0.25) is 0 Å². The van der Waals surface area contributed by atoms with E-state index in [4.69, 9.17) is 0 Å². The maximum Gasteiger partial charge on any atom is 0.317 e. The highest BCUT2D eigenvalue weighted by molar-refractivity contribution is 5.75. The molecule has 5 heteroatoms. The molecular weight excluding hydrogens is 312 g/mol. The molecule has 25 heavy (non-hydrogen) atoms. The lowest BCUT2D eigenvalue weighted by Gasteiger charge is -2.36. The van der Waals surface area contributed by atoms with Crippen LogP contribution >= 0.6 is 0 Å². The number of nitrogens with one attached hydrogen (secondary N) is 1. The van der Waals surface area contributed by atoms with Gasteiger partial charge in [-0.2, -0.15) is 0 Å². The first kappa shape index (κ1) is 17.3. The quantitative estimate of drug-likeness (QED) is 0.934. The van der Waals surface area contributed by atoms with E-state index in [1.54, 1.807) is 6.20 Å². The van der Waals surface area contributed by atoms with Gasteiger partial charge in [-0.15, -0.1) is 0 Å². The van der Waals surface area contributed by atoms with Crippen molar-refractivity contribution in [1.82, 2.24) is 15.2 Å². The molecule has 132 valence electrons. The van der Waals surface area contributed by atoms with Crippen molar-refractivity contribution >= 4 is 11.7 Å². The summed E-state index contributed by atoms with van der Waals surface area (Å²) in [6, 6.07) is 10.4. The van der Waals surface area contributed by atoms with E-state index < -0.39 is 0 Å². The van der Waals surface area contributed by atoms with Gasteiger partial charge in [0.25, 0.3) is 0 Å². The van der Waals surface area contributed by atoms with Crippen LogP contribution in [-0.4, -0.2) is 42.1 Å². The van der Waals surface area contributed by atoms with Gasteiger partial charge in [0.2, 0.25) is 0 Å². The van der Waals surface area contributed by atoms with E-state index >= 15 is 0 Å². The van der Waals surface area contributed by atoms with E-state index in [1.165, 1.54) is 11.1 Å². The average Bonchev–Trinajstić information content (AvgIpc) is 2.64. The van der Waals surface area contributed by atoms with Gasteiger partial charge in [-0.25, -0.2) is 4.79 Å². The Bertz CT molecular complexity index is 724. The van der Waals surface area contributed by atoms with Gasteiger partial charge in [0.15, 0.2) is 0 Å². The molecule has 3 rings (SSSR count). The summed E-state index contributed by atoms with van der Waals surface area (Å²) in [5.41, 5.74) is 4.79. The van der Waals surface area contributed by atoms with Crippen LogP contribution in [0.25, 0.3) is 0 Å². The fraction of sp³-hybridized carbons (Fsp3) is 0.400. The highest BCUT2D eigenvalue weighted by Crippen LogP contribution is 2.18. The molecule has 2 heterocycles. The molecule has 1 atom stereocenters. The molecule has 1 aliphatic heterocycles. The Kier molecular flexibility index (Phi) is 5.22. The van der Waals surface area contributed by atoms with Crippen LogP contribution in [-0.2, 0) is 0 Å². The second-order valence-electron chi connectivity index (χ2n) is 6.70. The molecule has 1 aromatic heterocycles. The highest BCUT2D eigenvalue weighted by Gasteiger charge is 2.22. The van der Waals surface area contributed by atoms with Gasteiger partial charge >= 0.3 is 6.03 Å². The van der Waals surface area contributed by atoms with Crippen molar-refractivity contribution in [2.24, 2.45) is 0 Å². The van der Waals surface area contributed by atoms with Crippen LogP contribution in [0.3, 0.4) is 0 Å². The molecule has 1 aromatic carbocycles. The van der Waals surface area contributed by atoms with Crippen molar-refractivity contribution in [2.45, 2.75) is 26.8 Å². The van der Waals surface area contributed by atoms with Gasteiger partial charge in [-0.1, -0.05) is 18.2 Å². The third-order valence-corrected chi connectivity index (χ3v) is 4.95. The van der Waals surface area contributed by atoms with E-state index in [1.807, 2.05) is 24.1 Å². The first-order valence-corrected chi connectivity index (χ1v) is 8.82. The van der Waals surface area contributed by atoms with Crippen LogP contribution in [0, 0.1) is 13.8 Å². The zero-order chi connectivity index (χ0) is 17.8. The average molecular weight is 338 g/mol. The minimum atomic E-state index is 0.00292. The van der Waals surface area contributed by atoms with Gasteiger partial charge in [-0.3, -0.25) is 4.98 Å². The second kappa shape index (κ2) is 7.55. The summed E-state index contributed by atoms with van der Waals surface area (Å²) in [6.45, 7) is 9.35. The first-order valence-electron chi connectivity index (χ1n) is 8.82. The molecule has 0 unspecified atom stereocenters. The Hall–Kier alpha value is -2.56. The number of amides is 2. The van der Waals surface area contributed by atoms with Gasteiger partial charge in [0.1, 0.15) is 0 Å². The third-order valence-electron chi connectivity index (χ3n) is 4.95. The number of rotatable bonds is 3. The molecule has 0 radical (unpaired) electrons. The van der Waals surface area contributed by atoms with Crippen molar-refractivity contribution in [3.63, 3.8) is 0 Å². The third kappa shape index (κ3) is 4.10. The number of pyridine rings is 1. The smallest absolute Gasteiger partial charge is 0.317 e. The predicted octanol–water partition coefficient (Wildman–Crippen LogP) is 3.29. The van der Waals surface area contributed by atoms with Crippen molar-refractivity contribution < 1.29 is 4.79 Å². The van der Waals surface area contributed by atoms with Crippen LogP contribution < -0.4 is 10.2 Å². The first-order chi connectivity index (χ1) is 12.0. The lowest BCUT2D eigenvalue weighted by molar-refractivity contribution is 0.191. The maximum atomic E-state index is 12.6. The Morgan fingerprint density at radius 2 is 1.88 bits per heavy atom. The Balaban J connectivity index is 1.55. The molecule has 1 N–H and O–H groups in total. The number of hydrogen-bond donors (Lipinski definition) is 1. The summed E-state index contributed by atoms with van der Waals surface area (Å²) in [6.07, 6.45) is 3.65. The number of benzene rings is 1. The summed E-state index contributed by atoms with van der Waals surface area (Å²) in [7, 11) is 0. The van der Waals surface area contributed by atoms with E-state index in [0.717, 1.165) is 37.4 Å². The molecule has 0 aliphatic carbocycles. The summed E-state index contributed by atoms with van der Waals surface area (Å²) >= 11 is 0. The van der Waals surface area contributed by atoms with Crippen LogP contribution in [0.15, 0.2) is 42.7 Å². The zero-order valence-electron chi connectivity index (χ0n) is 15.2. The number of nitrogens with zero attached hydrogens (tertiary/aromatic N) is 3. The number of carbonyl (C=O) groups excluding carboxylic acids is 1. The summed E-state index contributed by atoms with van der Waals surface area (Å²) in [5.74, 6) is 0. The summed E-state index contributed by atoms with van der Waals surface area (Å²) in [4.78, 5) is 20.9. The van der Waals surface area contributed by atoms with Crippen LogP contribution in [0.5, 0.6) is 0 Å². The Morgan fingerprint density at radius 3 is 2.52 bits per heavy atom. The molecule has 1 fully saturated rings. The number of anilines is 1. The summed E-state index contributed by atoms with van der Waals surface area (Å²) in [5, 5.41) is 3.12. The van der Waals surface area contributed by atoms with Gasteiger partial charge in [0.05, 0.1) is 17.9 Å². The number of hydrogen-bond acceptors (Lipinski definition) is 3. The van der Waals surface area contributed by atoms with E-state index in [9.17, 15) is 4.79 Å². The summed E-state index contributed by atoms with van der Waals surface area (Å²) < 4.78 is 0. The van der Waals surface area contributed by atoms with Crippen molar-refractivity contribution in [3.8, 4) is 0 Å². The number of carbonyl (C=O) groups is 1. The lowest BCUT2D eigenvalue weighted by Crippen LogP contribution is -2.52. The van der Waals surface area contributed by atoms with Crippen LogP contribution in [0.4, 0.5) is 10.5 Å². The van der Waals surface area contributed by atoms with Crippen molar-refractivity contribution in [1.29, 1.82) is 0 Å². The number of piperazine rings is 1.